The molecule has 2 fully saturated rings. The Balaban J connectivity index is 1.49. The highest BCUT2D eigenvalue weighted by atomic mass is 16.5. The highest BCUT2D eigenvalue weighted by molar-refractivity contribution is 5.86. The van der Waals surface area contributed by atoms with Gasteiger partial charge in [-0.05, 0) is 43.9 Å². The minimum absolute atomic E-state index is 0.0570. The minimum Gasteiger partial charge on any atom is -0.494 e. The second-order valence-electron chi connectivity index (χ2n) is 9.18. The lowest BCUT2D eigenvalue weighted by atomic mass is 10.1. The van der Waals surface area contributed by atoms with Gasteiger partial charge in [0.15, 0.2) is 5.69 Å². The second kappa shape index (κ2) is 11.5. The molecule has 0 bridgehead atoms. The maximum Gasteiger partial charge on any atom is 0.360 e. The van der Waals surface area contributed by atoms with Gasteiger partial charge in [0.25, 0.3) is 0 Å². The third kappa shape index (κ3) is 5.94. The van der Waals surface area contributed by atoms with E-state index in [0.717, 1.165) is 24.2 Å². The van der Waals surface area contributed by atoms with Crippen LogP contribution >= 0.6 is 0 Å². The van der Waals surface area contributed by atoms with E-state index in [1.165, 1.54) is 32.8 Å². The molecule has 1 amide bonds. The third-order valence-electron chi connectivity index (χ3n) is 6.78. The van der Waals surface area contributed by atoms with E-state index in [2.05, 4.69) is 20.5 Å². The van der Waals surface area contributed by atoms with Gasteiger partial charge < -0.3 is 14.8 Å². The number of rotatable bonds is 8. The molecule has 2 aromatic rings. The van der Waals surface area contributed by atoms with Crippen LogP contribution in [0.4, 0.5) is 0 Å². The fourth-order valence-corrected chi connectivity index (χ4v) is 4.99. The van der Waals surface area contributed by atoms with Crippen LogP contribution in [0, 0.1) is 0 Å². The summed E-state index contributed by atoms with van der Waals surface area (Å²) in [4.78, 5) is 27.4. The molecule has 2 heterocycles. The highest BCUT2D eigenvalue weighted by Crippen LogP contribution is 2.30. The number of ether oxygens (including phenoxy) is 2. The van der Waals surface area contributed by atoms with Crippen molar-refractivity contribution in [3.05, 3.63) is 41.7 Å². The van der Waals surface area contributed by atoms with Crippen LogP contribution < -0.4 is 10.1 Å². The average molecular weight is 470 g/mol. The second-order valence-corrected chi connectivity index (χ2v) is 9.18. The minimum atomic E-state index is -0.516. The van der Waals surface area contributed by atoms with Crippen molar-refractivity contribution in [3.63, 3.8) is 0 Å². The van der Waals surface area contributed by atoms with E-state index >= 15 is 0 Å². The number of hydrogen-bond donors (Lipinski definition) is 1. The van der Waals surface area contributed by atoms with E-state index in [0.29, 0.717) is 26.1 Å². The van der Waals surface area contributed by atoms with Crippen molar-refractivity contribution in [3.8, 4) is 5.75 Å². The van der Waals surface area contributed by atoms with E-state index in [-0.39, 0.29) is 29.7 Å². The highest BCUT2D eigenvalue weighted by Gasteiger charge is 2.39. The lowest BCUT2D eigenvalue weighted by Crippen LogP contribution is -2.46. The maximum absolute atomic E-state index is 13.4. The van der Waals surface area contributed by atoms with E-state index in [4.69, 9.17) is 9.47 Å². The van der Waals surface area contributed by atoms with Gasteiger partial charge in [0.05, 0.1) is 32.0 Å². The Hall–Kier alpha value is -2.94. The normalized spacial score (nSPS) is 21.7. The van der Waals surface area contributed by atoms with Crippen LogP contribution in [0.2, 0.25) is 0 Å². The third-order valence-corrected chi connectivity index (χ3v) is 6.78. The summed E-state index contributed by atoms with van der Waals surface area (Å²) in [6, 6.07) is 7.94. The molecule has 0 radical (unpaired) electrons. The fraction of sp³-hybridized carbons (Fsp3) is 0.600. The summed E-state index contributed by atoms with van der Waals surface area (Å²) >= 11 is 0. The first kappa shape index (κ1) is 24.2. The first-order chi connectivity index (χ1) is 16.6. The van der Waals surface area contributed by atoms with E-state index < -0.39 is 5.97 Å². The molecule has 184 valence electrons. The number of carbonyl (C=O) groups is 2. The summed E-state index contributed by atoms with van der Waals surface area (Å²) in [5.41, 5.74) is 1.29. The number of methoxy groups -OCH3 is 1. The van der Waals surface area contributed by atoms with Crippen LogP contribution in [0.5, 0.6) is 5.75 Å². The van der Waals surface area contributed by atoms with Crippen LogP contribution in [-0.4, -0.2) is 64.1 Å². The molecule has 1 aliphatic heterocycles. The lowest BCUT2D eigenvalue weighted by molar-refractivity contribution is -0.126. The van der Waals surface area contributed by atoms with Gasteiger partial charge in [-0.3, -0.25) is 9.69 Å². The SMILES string of the molecule is CCOc1ccc(CN2C[C@@H](n3cc(C(=O)OC)nn3)C[C@H]2C(=O)NC2CCCCCC2)cc1. The summed E-state index contributed by atoms with van der Waals surface area (Å²) in [5.74, 6) is 0.401. The predicted molar refractivity (Wildman–Crippen MR) is 126 cm³/mol. The molecule has 2 aliphatic rings. The Morgan fingerprint density at radius 1 is 1.12 bits per heavy atom. The molecule has 1 saturated carbocycles. The topological polar surface area (TPSA) is 98.6 Å². The Bertz CT molecular complexity index is 952. The molecule has 1 aromatic heterocycles. The van der Waals surface area contributed by atoms with E-state index in [1.54, 1.807) is 10.9 Å². The quantitative estimate of drug-likeness (QED) is 0.468. The Morgan fingerprint density at radius 2 is 1.85 bits per heavy atom. The van der Waals surface area contributed by atoms with Crippen LogP contribution in [-0.2, 0) is 16.1 Å². The van der Waals surface area contributed by atoms with Gasteiger partial charge in [0.2, 0.25) is 5.91 Å². The van der Waals surface area contributed by atoms with Crippen LogP contribution in [0.1, 0.15) is 74.0 Å². The number of likely N-dealkylation sites (tertiary alicyclic amines) is 1. The molecule has 0 unspecified atom stereocenters. The average Bonchev–Trinajstić information content (AvgIpc) is 3.42. The van der Waals surface area contributed by atoms with Crippen LogP contribution in [0.3, 0.4) is 0 Å². The zero-order chi connectivity index (χ0) is 23.9. The van der Waals surface area contributed by atoms with Crippen molar-refractivity contribution in [2.45, 2.75) is 76.5 Å². The number of nitrogens with one attached hydrogen (secondary N) is 1. The molecule has 2 atom stereocenters. The number of benzene rings is 1. The summed E-state index contributed by atoms with van der Waals surface area (Å²) in [6.45, 7) is 3.87. The smallest absolute Gasteiger partial charge is 0.360 e. The molecule has 9 nitrogen and oxygen atoms in total. The number of amides is 1. The molecule has 0 spiro atoms. The number of carbonyl (C=O) groups excluding carboxylic acids is 2. The van der Waals surface area contributed by atoms with E-state index in [9.17, 15) is 9.59 Å². The van der Waals surface area contributed by atoms with Crippen molar-refractivity contribution in [2.24, 2.45) is 0 Å². The zero-order valence-corrected chi connectivity index (χ0v) is 20.1. The lowest BCUT2D eigenvalue weighted by Gasteiger charge is -2.26. The van der Waals surface area contributed by atoms with Gasteiger partial charge >= 0.3 is 5.97 Å². The Morgan fingerprint density at radius 3 is 2.53 bits per heavy atom. The van der Waals surface area contributed by atoms with Gasteiger partial charge in [-0.15, -0.1) is 5.10 Å². The van der Waals surface area contributed by atoms with Gasteiger partial charge in [-0.25, -0.2) is 9.48 Å². The first-order valence-electron chi connectivity index (χ1n) is 12.3. The van der Waals surface area contributed by atoms with Crippen LogP contribution in [0.25, 0.3) is 0 Å². The van der Waals surface area contributed by atoms with Crippen molar-refractivity contribution in [2.75, 3.05) is 20.3 Å². The van der Waals surface area contributed by atoms with Crippen LogP contribution in [0.15, 0.2) is 30.5 Å². The predicted octanol–water partition coefficient (Wildman–Crippen LogP) is 3.12. The standard InChI is InChI=1S/C25H35N5O4/c1-3-34-21-12-10-18(11-13-21)15-29-16-20(30-17-22(27-28-30)25(32)33-2)14-23(29)24(31)26-19-8-6-4-5-7-9-19/h10-13,17,19-20,23H,3-9,14-16H2,1-2H3,(H,26,31)/t20-,23-/m0/s1. The number of aromatic nitrogens is 3. The van der Waals surface area contributed by atoms with Gasteiger partial charge in [0.1, 0.15) is 5.75 Å². The molecule has 1 N–H and O–H groups in total. The molecule has 4 rings (SSSR count). The molecule has 1 saturated heterocycles. The van der Waals surface area contributed by atoms with Gasteiger partial charge in [0, 0.05) is 19.1 Å². The molecule has 9 heteroatoms. The summed E-state index contributed by atoms with van der Waals surface area (Å²) < 4.78 is 12.0. The van der Waals surface area contributed by atoms with Gasteiger partial charge in [-0.1, -0.05) is 43.0 Å². The first-order valence-corrected chi connectivity index (χ1v) is 12.3. The van der Waals surface area contributed by atoms with Crippen molar-refractivity contribution in [1.29, 1.82) is 0 Å². The molecule has 1 aliphatic carbocycles. The number of nitrogens with zero attached hydrogens (tertiary/aromatic N) is 4. The van der Waals surface area contributed by atoms with E-state index in [1.807, 2.05) is 31.2 Å². The summed E-state index contributed by atoms with van der Waals surface area (Å²) in [5, 5.41) is 11.4. The largest absolute Gasteiger partial charge is 0.494 e. The van der Waals surface area contributed by atoms with Crippen molar-refractivity contribution in [1.82, 2.24) is 25.2 Å². The molecule has 34 heavy (non-hydrogen) atoms. The monoisotopic (exact) mass is 469 g/mol. The fourth-order valence-electron chi connectivity index (χ4n) is 4.99. The number of esters is 1. The zero-order valence-electron chi connectivity index (χ0n) is 20.1. The summed E-state index contributed by atoms with van der Waals surface area (Å²) in [7, 11) is 1.32. The number of hydrogen-bond acceptors (Lipinski definition) is 7. The maximum atomic E-state index is 13.4. The van der Waals surface area contributed by atoms with Crippen molar-refractivity contribution < 1.29 is 19.1 Å². The Labute approximate surface area is 200 Å². The Kier molecular flexibility index (Phi) is 8.16. The summed E-state index contributed by atoms with van der Waals surface area (Å²) in [6.07, 6.45) is 9.15. The van der Waals surface area contributed by atoms with Crippen molar-refractivity contribution >= 4 is 11.9 Å². The molecular weight excluding hydrogens is 434 g/mol. The molecule has 1 aromatic carbocycles. The molecular formula is C25H35N5O4. The van der Waals surface area contributed by atoms with Gasteiger partial charge in [-0.2, -0.15) is 0 Å².